The molecule has 140 valence electrons. The van der Waals surface area contributed by atoms with Gasteiger partial charge in [-0.25, -0.2) is 9.18 Å². The van der Waals surface area contributed by atoms with Crippen molar-refractivity contribution in [3.05, 3.63) is 35.6 Å². The Morgan fingerprint density at radius 3 is 2.28 bits per heavy atom. The number of carbonyl (C=O) groups excluding carboxylic acids is 1. The minimum Gasteiger partial charge on any atom is -0.444 e. The van der Waals surface area contributed by atoms with Crippen LogP contribution in [0.25, 0.3) is 0 Å². The molecular formula is C18H25F3N2O2. The topological polar surface area (TPSA) is 41.6 Å². The molecule has 0 radical (unpaired) electrons. The molecule has 0 aromatic heterocycles. The second kappa shape index (κ2) is 7.64. The summed E-state index contributed by atoms with van der Waals surface area (Å²) in [6.07, 6.45) is 0.415. The summed E-state index contributed by atoms with van der Waals surface area (Å²) in [5.41, 5.74) is -1.09. The van der Waals surface area contributed by atoms with E-state index in [1.807, 2.05) is 0 Å². The Hall–Kier alpha value is -1.76. The van der Waals surface area contributed by atoms with E-state index in [4.69, 9.17) is 4.74 Å². The highest BCUT2D eigenvalue weighted by Gasteiger charge is 2.40. The van der Waals surface area contributed by atoms with Crippen LogP contribution in [0.2, 0.25) is 0 Å². The SMILES string of the molecule is CC(C)(C)OC(=O)N(CC(F)(F)c1ccc(F)cc1)C1CCNCC1. The number of ether oxygens (including phenoxy) is 1. The van der Waals surface area contributed by atoms with Crippen molar-refractivity contribution >= 4 is 6.09 Å². The van der Waals surface area contributed by atoms with Crippen molar-refractivity contribution in [2.75, 3.05) is 19.6 Å². The average molecular weight is 358 g/mol. The first-order chi connectivity index (χ1) is 11.6. The van der Waals surface area contributed by atoms with Crippen LogP contribution in [0, 0.1) is 5.82 Å². The fourth-order valence-electron chi connectivity index (χ4n) is 2.78. The maximum Gasteiger partial charge on any atom is 0.410 e. The predicted octanol–water partition coefficient (Wildman–Crippen LogP) is 3.91. The van der Waals surface area contributed by atoms with Gasteiger partial charge in [0.15, 0.2) is 0 Å². The summed E-state index contributed by atoms with van der Waals surface area (Å²) in [6, 6.07) is 3.76. The number of benzene rings is 1. The molecule has 0 bridgehead atoms. The molecule has 0 unspecified atom stereocenters. The second-order valence-corrected chi connectivity index (χ2v) is 7.30. The van der Waals surface area contributed by atoms with Gasteiger partial charge in [-0.15, -0.1) is 0 Å². The minimum absolute atomic E-state index is 0.317. The van der Waals surface area contributed by atoms with Gasteiger partial charge in [0.1, 0.15) is 11.4 Å². The summed E-state index contributed by atoms with van der Waals surface area (Å²) in [4.78, 5) is 13.6. The van der Waals surface area contributed by atoms with Gasteiger partial charge in [0.05, 0.1) is 6.54 Å². The first-order valence-electron chi connectivity index (χ1n) is 8.43. The first-order valence-corrected chi connectivity index (χ1v) is 8.43. The van der Waals surface area contributed by atoms with E-state index in [-0.39, 0.29) is 11.6 Å². The molecule has 1 amide bonds. The van der Waals surface area contributed by atoms with Crippen molar-refractivity contribution in [1.29, 1.82) is 0 Å². The normalized spacial score (nSPS) is 16.6. The summed E-state index contributed by atoms with van der Waals surface area (Å²) in [6.45, 7) is 5.62. The lowest BCUT2D eigenvalue weighted by atomic mass is 10.0. The van der Waals surface area contributed by atoms with E-state index in [2.05, 4.69) is 5.32 Å². The Morgan fingerprint density at radius 2 is 1.76 bits per heavy atom. The molecule has 0 atom stereocenters. The van der Waals surface area contributed by atoms with Gasteiger partial charge in [0, 0.05) is 11.6 Å². The predicted molar refractivity (Wildman–Crippen MR) is 89.1 cm³/mol. The number of halogens is 3. The number of piperidine rings is 1. The molecular weight excluding hydrogens is 333 g/mol. The van der Waals surface area contributed by atoms with Crippen LogP contribution in [0.15, 0.2) is 24.3 Å². The molecule has 0 spiro atoms. The highest BCUT2D eigenvalue weighted by molar-refractivity contribution is 5.68. The van der Waals surface area contributed by atoms with E-state index in [0.717, 1.165) is 29.2 Å². The molecule has 25 heavy (non-hydrogen) atoms. The van der Waals surface area contributed by atoms with Crippen molar-refractivity contribution < 1.29 is 22.7 Å². The molecule has 1 saturated heterocycles. The van der Waals surface area contributed by atoms with E-state index in [9.17, 15) is 18.0 Å². The van der Waals surface area contributed by atoms with Crippen molar-refractivity contribution in [3.63, 3.8) is 0 Å². The monoisotopic (exact) mass is 358 g/mol. The summed E-state index contributed by atoms with van der Waals surface area (Å²) < 4.78 is 47.7. The van der Waals surface area contributed by atoms with Gasteiger partial charge >= 0.3 is 6.09 Å². The van der Waals surface area contributed by atoms with Crippen LogP contribution in [-0.2, 0) is 10.7 Å². The molecule has 1 aromatic carbocycles. The number of hydrogen-bond acceptors (Lipinski definition) is 3. The minimum atomic E-state index is -3.30. The standard InChI is InChI=1S/C18H25F3N2O2/c1-17(2,3)25-16(24)23(15-8-10-22-11-9-15)12-18(20,21)13-4-6-14(19)7-5-13/h4-7,15,22H,8-12H2,1-3H3. The van der Waals surface area contributed by atoms with Gasteiger partial charge in [0.25, 0.3) is 5.92 Å². The number of nitrogens with zero attached hydrogens (tertiary/aromatic N) is 1. The fourth-order valence-corrected chi connectivity index (χ4v) is 2.78. The van der Waals surface area contributed by atoms with Gasteiger partial charge in [-0.2, -0.15) is 8.78 Å². The summed E-state index contributed by atoms with van der Waals surface area (Å²) in [5.74, 6) is -3.88. The number of nitrogens with one attached hydrogen (secondary N) is 1. The number of carbonyl (C=O) groups is 1. The van der Waals surface area contributed by atoms with Crippen molar-refractivity contribution in [2.24, 2.45) is 0 Å². The second-order valence-electron chi connectivity index (χ2n) is 7.30. The molecule has 1 heterocycles. The highest BCUT2D eigenvalue weighted by atomic mass is 19.3. The van der Waals surface area contributed by atoms with Crippen molar-refractivity contribution in [1.82, 2.24) is 10.2 Å². The molecule has 7 heteroatoms. The van der Waals surface area contributed by atoms with E-state index in [1.54, 1.807) is 20.8 Å². The van der Waals surface area contributed by atoms with Gasteiger partial charge in [-0.3, -0.25) is 4.90 Å². The molecule has 1 fully saturated rings. The lowest BCUT2D eigenvalue weighted by molar-refractivity contribution is -0.0589. The van der Waals surface area contributed by atoms with Crippen LogP contribution in [-0.4, -0.2) is 42.3 Å². The van der Waals surface area contributed by atoms with Gasteiger partial charge < -0.3 is 10.1 Å². The molecule has 0 aliphatic carbocycles. The van der Waals surface area contributed by atoms with Crippen LogP contribution in [0.3, 0.4) is 0 Å². The van der Waals surface area contributed by atoms with E-state index >= 15 is 0 Å². The van der Waals surface area contributed by atoms with Crippen LogP contribution >= 0.6 is 0 Å². The van der Waals surface area contributed by atoms with Crippen LogP contribution < -0.4 is 5.32 Å². The molecule has 2 rings (SSSR count). The van der Waals surface area contributed by atoms with E-state index in [1.165, 1.54) is 0 Å². The lowest BCUT2D eigenvalue weighted by Crippen LogP contribution is -2.51. The molecule has 4 nitrogen and oxygen atoms in total. The first kappa shape index (κ1) is 19.6. The molecule has 1 N–H and O–H groups in total. The fraction of sp³-hybridized carbons (Fsp3) is 0.611. The third-order valence-corrected chi connectivity index (χ3v) is 4.01. The Labute approximate surface area is 146 Å². The van der Waals surface area contributed by atoms with Crippen LogP contribution in [0.5, 0.6) is 0 Å². The number of rotatable bonds is 4. The largest absolute Gasteiger partial charge is 0.444 e. The van der Waals surface area contributed by atoms with Gasteiger partial charge in [-0.1, -0.05) is 12.1 Å². The molecule has 1 aliphatic rings. The summed E-state index contributed by atoms with van der Waals surface area (Å²) in [5, 5.41) is 3.15. The van der Waals surface area contributed by atoms with E-state index < -0.39 is 30.0 Å². The lowest BCUT2D eigenvalue weighted by Gasteiger charge is -2.37. The maximum absolute atomic E-state index is 14.7. The summed E-state index contributed by atoms with van der Waals surface area (Å²) >= 11 is 0. The zero-order valence-electron chi connectivity index (χ0n) is 14.8. The Bertz CT molecular complexity index is 579. The quantitative estimate of drug-likeness (QED) is 0.887. The van der Waals surface area contributed by atoms with Crippen molar-refractivity contribution in [2.45, 2.75) is 51.2 Å². The van der Waals surface area contributed by atoms with Gasteiger partial charge in [-0.05, 0) is 58.8 Å². The number of amides is 1. The highest BCUT2D eigenvalue weighted by Crippen LogP contribution is 2.31. The average Bonchev–Trinajstić information content (AvgIpc) is 2.52. The van der Waals surface area contributed by atoms with Gasteiger partial charge in [0.2, 0.25) is 0 Å². The Morgan fingerprint density at radius 1 is 1.20 bits per heavy atom. The number of alkyl halides is 2. The van der Waals surface area contributed by atoms with Crippen molar-refractivity contribution in [3.8, 4) is 0 Å². The molecule has 0 saturated carbocycles. The third kappa shape index (κ3) is 5.63. The Kier molecular flexibility index (Phi) is 5.98. The molecule has 1 aliphatic heterocycles. The zero-order valence-corrected chi connectivity index (χ0v) is 14.8. The van der Waals surface area contributed by atoms with Crippen LogP contribution in [0.1, 0.15) is 39.2 Å². The smallest absolute Gasteiger partial charge is 0.410 e. The number of hydrogen-bond donors (Lipinski definition) is 1. The molecule has 1 aromatic rings. The van der Waals surface area contributed by atoms with Crippen LogP contribution in [0.4, 0.5) is 18.0 Å². The zero-order chi connectivity index (χ0) is 18.7. The third-order valence-electron chi connectivity index (χ3n) is 4.01. The Balaban J connectivity index is 2.21. The van der Waals surface area contributed by atoms with E-state index in [0.29, 0.717) is 25.9 Å². The summed E-state index contributed by atoms with van der Waals surface area (Å²) in [7, 11) is 0. The maximum atomic E-state index is 14.7.